The number of fused-ring (bicyclic) bond motifs is 1. The molecule has 1 fully saturated rings. The largest absolute Gasteiger partial charge is 0.338 e. The standard InChI is InChI=1S/C22H25N3O2S/c1-16-6-5-7-17(14-16)15-24-10-12-25(13-11-24)21(27)22(2)20(26)23-18-8-3-4-9-19(18)28-22/h3-9,14H,10-13,15H2,1-2H3,(H,23,26). The number of aryl methyl sites for hydroxylation is 1. The molecule has 4 rings (SSSR count). The zero-order valence-corrected chi connectivity index (χ0v) is 17.1. The molecule has 1 atom stereocenters. The Hall–Kier alpha value is -2.31. The predicted octanol–water partition coefficient (Wildman–Crippen LogP) is 3.14. The normalized spacial score (nSPS) is 22.5. The number of anilines is 1. The molecule has 0 aromatic heterocycles. The number of thioether (sulfide) groups is 1. The van der Waals surface area contributed by atoms with E-state index in [-0.39, 0.29) is 11.8 Å². The minimum atomic E-state index is -1.12. The number of rotatable bonds is 3. The van der Waals surface area contributed by atoms with E-state index in [0.29, 0.717) is 13.1 Å². The number of benzene rings is 2. The highest BCUT2D eigenvalue weighted by Crippen LogP contribution is 2.43. The summed E-state index contributed by atoms with van der Waals surface area (Å²) in [7, 11) is 0. The molecular formula is C22H25N3O2S. The Morgan fingerprint density at radius 2 is 1.86 bits per heavy atom. The van der Waals surface area contributed by atoms with Gasteiger partial charge in [0.25, 0.3) is 0 Å². The smallest absolute Gasteiger partial charge is 0.250 e. The molecule has 2 aliphatic rings. The lowest BCUT2D eigenvalue weighted by atomic mass is 10.1. The van der Waals surface area contributed by atoms with Crippen molar-refractivity contribution in [1.29, 1.82) is 0 Å². The number of amides is 2. The minimum absolute atomic E-state index is 0.0975. The van der Waals surface area contributed by atoms with Crippen LogP contribution in [0.2, 0.25) is 0 Å². The summed E-state index contributed by atoms with van der Waals surface area (Å²) in [4.78, 5) is 31.1. The average Bonchev–Trinajstić information content (AvgIpc) is 2.69. The van der Waals surface area contributed by atoms with Gasteiger partial charge in [-0.1, -0.05) is 53.7 Å². The molecule has 2 heterocycles. The molecule has 2 aromatic rings. The van der Waals surface area contributed by atoms with Gasteiger partial charge in [0.15, 0.2) is 4.75 Å². The number of carbonyl (C=O) groups excluding carboxylic acids is 2. The third kappa shape index (κ3) is 3.66. The fraction of sp³-hybridized carbons (Fsp3) is 0.364. The van der Waals surface area contributed by atoms with Crippen molar-refractivity contribution in [2.45, 2.75) is 30.0 Å². The molecule has 2 amide bonds. The van der Waals surface area contributed by atoms with Crippen LogP contribution in [0.4, 0.5) is 5.69 Å². The van der Waals surface area contributed by atoms with E-state index < -0.39 is 4.75 Å². The van der Waals surface area contributed by atoms with Crippen molar-refractivity contribution in [3.63, 3.8) is 0 Å². The molecule has 2 aliphatic heterocycles. The Morgan fingerprint density at radius 3 is 2.61 bits per heavy atom. The fourth-order valence-electron chi connectivity index (χ4n) is 3.79. The molecule has 6 heteroatoms. The third-order valence-electron chi connectivity index (χ3n) is 5.44. The van der Waals surface area contributed by atoms with E-state index in [1.165, 1.54) is 22.9 Å². The molecule has 0 radical (unpaired) electrons. The SMILES string of the molecule is Cc1cccc(CN2CCN(C(=O)C3(C)Sc4ccccc4NC3=O)CC2)c1. The maximum Gasteiger partial charge on any atom is 0.250 e. The Kier molecular flexibility index (Phi) is 5.17. The molecule has 0 bridgehead atoms. The predicted molar refractivity (Wildman–Crippen MR) is 112 cm³/mol. The molecule has 146 valence electrons. The van der Waals surface area contributed by atoms with E-state index in [1.807, 2.05) is 29.2 Å². The van der Waals surface area contributed by atoms with Crippen LogP contribution in [0.1, 0.15) is 18.1 Å². The second-order valence-electron chi connectivity index (χ2n) is 7.64. The molecule has 0 aliphatic carbocycles. The summed E-state index contributed by atoms with van der Waals surface area (Å²) in [5.74, 6) is -0.330. The highest BCUT2D eigenvalue weighted by molar-refractivity contribution is 8.02. The van der Waals surface area contributed by atoms with E-state index in [9.17, 15) is 9.59 Å². The average molecular weight is 396 g/mol. The second-order valence-corrected chi connectivity index (χ2v) is 9.10. The zero-order valence-electron chi connectivity index (χ0n) is 16.3. The Balaban J connectivity index is 1.40. The van der Waals surface area contributed by atoms with Crippen LogP contribution in [0, 0.1) is 6.92 Å². The van der Waals surface area contributed by atoms with Crippen LogP contribution in [0.3, 0.4) is 0 Å². The number of nitrogens with zero attached hydrogens (tertiary/aromatic N) is 2. The van der Waals surface area contributed by atoms with E-state index in [4.69, 9.17) is 0 Å². The maximum absolute atomic E-state index is 13.2. The van der Waals surface area contributed by atoms with Crippen LogP contribution in [-0.2, 0) is 16.1 Å². The van der Waals surface area contributed by atoms with Gasteiger partial charge in [-0.2, -0.15) is 0 Å². The topological polar surface area (TPSA) is 52.6 Å². The molecule has 1 saturated heterocycles. The number of piperazine rings is 1. The first-order chi connectivity index (χ1) is 13.5. The van der Waals surface area contributed by atoms with Crippen LogP contribution in [0.25, 0.3) is 0 Å². The lowest BCUT2D eigenvalue weighted by Gasteiger charge is -2.40. The van der Waals surface area contributed by atoms with E-state index in [2.05, 4.69) is 41.4 Å². The van der Waals surface area contributed by atoms with Crippen molar-refractivity contribution in [3.05, 3.63) is 59.7 Å². The summed E-state index contributed by atoms with van der Waals surface area (Å²) >= 11 is 1.36. The van der Waals surface area contributed by atoms with Gasteiger partial charge >= 0.3 is 0 Å². The minimum Gasteiger partial charge on any atom is -0.338 e. The van der Waals surface area contributed by atoms with Crippen molar-refractivity contribution in [2.75, 3.05) is 31.5 Å². The lowest BCUT2D eigenvalue weighted by molar-refractivity contribution is -0.139. The monoisotopic (exact) mass is 395 g/mol. The van der Waals surface area contributed by atoms with Gasteiger partial charge in [0.05, 0.1) is 5.69 Å². The van der Waals surface area contributed by atoms with Gasteiger partial charge in [0.2, 0.25) is 11.8 Å². The Labute approximate surface area is 170 Å². The zero-order chi connectivity index (χ0) is 19.7. The quantitative estimate of drug-likeness (QED) is 0.812. The van der Waals surface area contributed by atoms with Crippen LogP contribution >= 0.6 is 11.8 Å². The fourth-order valence-corrected chi connectivity index (χ4v) is 4.96. The van der Waals surface area contributed by atoms with E-state index >= 15 is 0 Å². The van der Waals surface area contributed by atoms with Gasteiger partial charge in [0.1, 0.15) is 0 Å². The van der Waals surface area contributed by atoms with Gasteiger partial charge in [-0.25, -0.2) is 0 Å². The molecule has 28 heavy (non-hydrogen) atoms. The summed E-state index contributed by atoms with van der Waals surface area (Å²) in [5, 5.41) is 2.90. The van der Waals surface area contributed by atoms with Crippen molar-refractivity contribution >= 4 is 29.3 Å². The molecular weight excluding hydrogens is 370 g/mol. The van der Waals surface area contributed by atoms with Gasteiger partial charge in [-0.05, 0) is 31.5 Å². The summed E-state index contributed by atoms with van der Waals surface area (Å²) in [5.41, 5.74) is 3.34. The van der Waals surface area contributed by atoms with Crippen molar-refractivity contribution < 1.29 is 9.59 Å². The van der Waals surface area contributed by atoms with E-state index in [0.717, 1.165) is 30.2 Å². The number of carbonyl (C=O) groups is 2. The Morgan fingerprint density at radius 1 is 1.11 bits per heavy atom. The number of nitrogens with one attached hydrogen (secondary N) is 1. The van der Waals surface area contributed by atoms with Crippen LogP contribution in [-0.4, -0.2) is 52.5 Å². The van der Waals surface area contributed by atoms with Crippen molar-refractivity contribution in [2.24, 2.45) is 0 Å². The molecule has 0 spiro atoms. The first-order valence-corrected chi connectivity index (χ1v) is 10.4. The number of para-hydroxylation sites is 1. The van der Waals surface area contributed by atoms with Gasteiger partial charge in [-0.3, -0.25) is 14.5 Å². The summed E-state index contributed by atoms with van der Waals surface area (Å²) < 4.78 is -1.12. The summed E-state index contributed by atoms with van der Waals surface area (Å²) in [6, 6.07) is 16.2. The van der Waals surface area contributed by atoms with Crippen LogP contribution in [0.5, 0.6) is 0 Å². The number of hydrogen-bond acceptors (Lipinski definition) is 4. The van der Waals surface area contributed by atoms with Crippen molar-refractivity contribution in [1.82, 2.24) is 9.80 Å². The molecule has 2 aromatic carbocycles. The Bertz CT molecular complexity index is 908. The van der Waals surface area contributed by atoms with Gasteiger partial charge in [-0.15, -0.1) is 0 Å². The molecule has 0 saturated carbocycles. The lowest BCUT2D eigenvalue weighted by Crippen LogP contribution is -2.58. The molecule has 1 unspecified atom stereocenters. The van der Waals surface area contributed by atoms with Crippen LogP contribution < -0.4 is 5.32 Å². The maximum atomic E-state index is 13.2. The number of hydrogen-bond donors (Lipinski definition) is 1. The van der Waals surface area contributed by atoms with E-state index in [1.54, 1.807) is 6.92 Å². The first kappa shape index (κ1) is 19.0. The van der Waals surface area contributed by atoms with Crippen LogP contribution in [0.15, 0.2) is 53.4 Å². The van der Waals surface area contributed by atoms with Crippen molar-refractivity contribution in [3.8, 4) is 0 Å². The third-order valence-corrected chi connectivity index (χ3v) is 6.78. The van der Waals surface area contributed by atoms with Gasteiger partial charge < -0.3 is 10.2 Å². The summed E-state index contributed by atoms with van der Waals surface area (Å²) in [6.45, 7) is 7.67. The second kappa shape index (κ2) is 7.60. The first-order valence-electron chi connectivity index (χ1n) is 9.62. The molecule has 5 nitrogen and oxygen atoms in total. The highest BCUT2D eigenvalue weighted by Gasteiger charge is 2.48. The molecule has 1 N–H and O–H groups in total. The highest BCUT2D eigenvalue weighted by atomic mass is 32.2. The summed E-state index contributed by atoms with van der Waals surface area (Å²) in [6.07, 6.45) is 0. The van der Waals surface area contributed by atoms with Gasteiger partial charge in [0, 0.05) is 37.6 Å².